The van der Waals surface area contributed by atoms with Gasteiger partial charge < -0.3 is 10.1 Å². The highest BCUT2D eigenvalue weighted by molar-refractivity contribution is 6.30. The second-order valence-electron chi connectivity index (χ2n) is 3.84. The molecule has 0 aliphatic carbocycles. The van der Waals surface area contributed by atoms with Crippen molar-refractivity contribution in [3.05, 3.63) is 35.9 Å². The van der Waals surface area contributed by atoms with Crippen molar-refractivity contribution in [2.75, 3.05) is 13.2 Å². The molecule has 2 unspecified atom stereocenters. The van der Waals surface area contributed by atoms with Crippen molar-refractivity contribution in [3.8, 4) is 0 Å². The Morgan fingerprint density at radius 1 is 1.44 bits per heavy atom. The molecule has 16 heavy (non-hydrogen) atoms. The van der Waals surface area contributed by atoms with Crippen LogP contribution in [0.2, 0.25) is 0 Å². The minimum atomic E-state index is -0.623. The molecule has 1 heterocycles. The highest BCUT2D eigenvalue weighted by Crippen LogP contribution is 2.20. The van der Waals surface area contributed by atoms with Gasteiger partial charge in [0.25, 0.3) is 0 Å². The lowest BCUT2D eigenvalue weighted by molar-refractivity contribution is -0.121. The number of halogens is 1. The van der Waals surface area contributed by atoms with Crippen LogP contribution >= 0.6 is 11.6 Å². The number of alkyl halides is 1. The predicted octanol–water partition coefficient (Wildman–Crippen LogP) is 1.87. The van der Waals surface area contributed by atoms with Crippen LogP contribution in [-0.4, -0.2) is 25.2 Å². The lowest BCUT2D eigenvalue weighted by Crippen LogP contribution is -2.37. The fourth-order valence-electron chi connectivity index (χ4n) is 1.70. The van der Waals surface area contributed by atoms with Crippen molar-refractivity contribution < 1.29 is 9.53 Å². The second kappa shape index (κ2) is 5.32. The number of amides is 1. The molecule has 0 bridgehead atoms. The molecule has 1 aliphatic rings. The number of benzene rings is 1. The van der Waals surface area contributed by atoms with Gasteiger partial charge >= 0.3 is 0 Å². The smallest absolute Gasteiger partial charge is 0.242 e. The van der Waals surface area contributed by atoms with Crippen molar-refractivity contribution in [2.24, 2.45) is 0 Å². The van der Waals surface area contributed by atoms with Gasteiger partial charge in [-0.25, -0.2) is 0 Å². The van der Waals surface area contributed by atoms with Crippen LogP contribution in [0, 0.1) is 0 Å². The Morgan fingerprint density at radius 2 is 2.19 bits per heavy atom. The summed E-state index contributed by atoms with van der Waals surface area (Å²) in [7, 11) is 0. The summed E-state index contributed by atoms with van der Waals surface area (Å²) in [5, 5.41) is 2.26. The van der Waals surface area contributed by atoms with Gasteiger partial charge in [-0.15, -0.1) is 11.6 Å². The van der Waals surface area contributed by atoms with Crippen molar-refractivity contribution >= 4 is 17.5 Å². The minimum absolute atomic E-state index is 0.109. The van der Waals surface area contributed by atoms with Crippen LogP contribution in [0.1, 0.15) is 17.4 Å². The van der Waals surface area contributed by atoms with E-state index in [2.05, 4.69) is 5.32 Å². The molecule has 0 aromatic heterocycles. The third kappa shape index (κ3) is 2.74. The lowest BCUT2D eigenvalue weighted by atomic mass is 10.1. The molecule has 4 heteroatoms. The molecule has 1 aromatic rings. The summed E-state index contributed by atoms with van der Waals surface area (Å²) >= 11 is 6.08. The average molecular weight is 240 g/mol. The van der Waals surface area contributed by atoms with E-state index in [-0.39, 0.29) is 11.9 Å². The van der Waals surface area contributed by atoms with Crippen LogP contribution in [0.3, 0.4) is 0 Å². The molecule has 1 amide bonds. The van der Waals surface area contributed by atoms with E-state index in [1.807, 2.05) is 30.3 Å². The van der Waals surface area contributed by atoms with Crippen molar-refractivity contribution in [3.63, 3.8) is 0 Å². The Kier molecular flexibility index (Phi) is 3.80. The first kappa shape index (κ1) is 11.4. The lowest BCUT2D eigenvalue weighted by Gasteiger charge is -2.14. The van der Waals surface area contributed by atoms with Crippen LogP contribution in [0.25, 0.3) is 0 Å². The Balaban J connectivity index is 1.94. The van der Waals surface area contributed by atoms with Gasteiger partial charge in [0, 0.05) is 6.61 Å². The quantitative estimate of drug-likeness (QED) is 0.818. The third-order valence-electron chi connectivity index (χ3n) is 2.60. The van der Waals surface area contributed by atoms with Gasteiger partial charge in [0.2, 0.25) is 5.91 Å². The topological polar surface area (TPSA) is 38.3 Å². The molecule has 0 spiro atoms. The predicted molar refractivity (Wildman–Crippen MR) is 62.4 cm³/mol. The Morgan fingerprint density at radius 3 is 2.81 bits per heavy atom. The van der Waals surface area contributed by atoms with Crippen molar-refractivity contribution in [2.45, 2.75) is 17.8 Å². The Bertz CT molecular complexity index is 349. The number of carbonyl (C=O) groups is 1. The molecular weight excluding hydrogens is 226 g/mol. The largest absolute Gasteiger partial charge is 0.379 e. The zero-order chi connectivity index (χ0) is 11.4. The number of carbonyl (C=O) groups excluding carboxylic acids is 1. The van der Waals surface area contributed by atoms with E-state index in [0.29, 0.717) is 13.2 Å². The number of hydrogen-bond donors (Lipinski definition) is 1. The van der Waals surface area contributed by atoms with E-state index < -0.39 is 5.38 Å². The summed E-state index contributed by atoms with van der Waals surface area (Å²) in [6.07, 6.45) is 0.865. The first-order chi connectivity index (χ1) is 7.77. The van der Waals surface area contributed by atoms with Gasteiger partial charge in [-0.3, -0.25) is 4.79 Å². The Hall–Kier alpha value is -1.06. The van der Waals surface area contributed by atoms with E-state index in [1.54, 1.807) is 0 Å². The van der Waals surface area contributed by atoms with E-state index in [9.17, 15) is 4.79 Å². The SMILES string of the molecule is O=C(NC1CCOC1)C(Cl)c1ccccc1. The normalized spacial score (nSPS) is 21.7. The highest BCUT2D eigenvalue weighted by Gasteiger charge is 2.23. The van der Waals surface area contributed by atoms with Crippen molar-refractivity contribution in [1.82, 2.24) is 5.32 Å². The summed E-state index contributed by atoms with van der Waals surface area (Å²) in [5.74, 6) is -0.150. The van der Waals surface area contributed by atoms with E-state index in [1.165, 1.54) is 0 Å². The fourth-order valence-corrected chi connectivity index (χ4v) is 1.90. The van der Waals surface area contributed by atoms with Crippen LogP contribution in [0.4, 0.5) is 0 Å². The molecule has 3 nitrogen and oxygen atoms in total. The van der Waals surface area contributed by atoms with Gasteiger partial charge in [0.15, 0.2) is 0 Å². The molecule has 2 rings (SSSR count). The molecule has 0 radical (unpaired) electrons. The number of hydrogen-bond acceptors (Lipinski definition) is 2. The fraction of sp³-hybridized carbons (Fsp3) is 0.417. The molecule has 0 saturated carbocycles. The van der Waals surface area contributed by atoms with Crippen LogP contribution < -0.4 is 5.32 Å². The standard InChI is InChI=1S/C12H14ClNO2/c13-11(9-4-2-1-3-5-9)12(15)14-10-6-7-16-8-10/h1-5,10-11H,6-8H2,(H,14,15). The second-order valence-corrected chi connectivity index (χ2v) is 4.28. The molecule has 1 N–H and O–H groups in total. The number of ether oxygens (including phenoxy) is 1. The molecule has 1 aliphatic heterocycles. The minimum Gasteiger partial charge on any atom is -0.379 e. The van der Waals surface area contributed by atoms with Crippen molar-refractivity contribution in [1.29, 1.82) is 0 Å². The molecule has 1 saturated heterocycles. The average Bonchev–Trinajstić information content (AvgIpc) is 2.82. The third-order valence-corrected chi connectivity index (χ3v) is 3.05. The molecular formula is C12H14ClNO2. The summed E-state index contributed by atoms with van der Waals surface area (Å²) in [6, 6.07) is 9.45. The maximum Gasteiger partial charge on any atom is 0.242 e. The molecule has 1 aromatic carbocycles. The summed E-state index contributed by atoms with van der Waals surface area (Å²) in [5.41, 5.74) is 0.820. The maximum atomic E-state index is 11.8. The van der Waals surface area contributed by atoms with Crippen LogP contribution in [0.5, 0.6) is 0 Å². The van der Waals surface area contributed by atoms with Gasteiger partial charge in [0.1, 0.15) is 5.38 Å². The van der Waals surface area contributed by atoms with E-state index in [0.717, 1.165) is 12.0 Å². The summed E-state index contributed by atoms with van der Waals surface area (Å²) < 4.78 is 5.19. The van der Waals surface area contributed by atoms with Gasteiger partial charge in [-0.05, 0) is 12.0 Å². The molecule has 86 valence electrons. The Labute approximate surface area is 99.7 Å². The highest BCUT2D eigenvalue weighted by atomic mass is 35.5. The molecule has 2 atom stereocenters. The van der Waals surface area contributed by atoms with Crippen LogP contribution in [0.15, 0.2) is 30.3 Å². The molecule has 1 fully saturated rings. The summed E-state index contributed by atoms with van der Waals surface area (Å²) in [6.45, 7) is 1.30. The van der Waals surface area contributed by atoms with Gasteiger partial charge in [-0.1, -0.05) is 30.3 Å². The van der Waals surface area contributed by atoms with Crippen LogP contribution in [-0.2, 0) is 9.53 Å². The van der Waals surface area contributed by atoms with E-state index in [4.69, 9.17) is 16.3 Å². The first-order valence-corrected chi connectivity index (χ1v) is 5.78. The van der Waals surface area contributed by atoms with Gasteiger partial charge in [-0.2, -0.15) is 0 Å². The number of nitrogens with one attached hydrogen (secondary N) is 1. The maximum absolute atomic E-state index is 11.8. The zero-order valence-corrected chi connectivity index (χ0v) is 9.61. The summed E-state index contributed by atoms with van der Waals surface area (Å²) in [4.78, 5) is 11.8. The monoisotopic (exact) mass is 239 g/mol. The van der Waals surface area contributed by atoms with Gasteiger partial charge in [0.05, 0.1) is 12.6 Å². The van der Waals surface area contributed by atoms with E-state index >= 15 is 0 Å². The number of rotatable bonds is 3. The first-order valence-electron chi connectivity index (χ1n) is 5.34. The zero-order valence-electron chi connectivity index (χ0n) is 8.86.